The van der Waals surface area contributed by atoms with Gasteiger partial charge in [0.05, 0.1) is 17.2 Å². The number of carbonyl (C=O) groups excluding carboxylic acids is 3. The number of benzene rings is 3. The first-order chi connectivity index (χ1) is 16.3. The van der Waals surface area contributed by atoms with Crippen molar-refractivity contribution < 1.29 is 18.8 Å². The normalized spacial score (nSPS) is 11.6. The van der Waals surface area contributed by atoms with Crippen molar-refractivity contribution in [2.24, 2.45) is 0 Å². The van der Waals surface area contributed by atoms with Crippen LogP contribution in [-0.4, -0.2) is 22.4 Å². The molecule has 0 aliphatic carbocycles. The molecule has 9 heteroatoms. The van der Waals surface area contributed by atoms with Crippen LogP contribution < -0.4 is 16.1 Å². The van der Waals surface area contributed by atoms with Crippen LogP contribution in [0, 0.1) is 5.82 Å². The van der Waals surface area contributed by atoms with E-state index in [-0.39, 0.29) is 11.4 Å². The number of anilines is 1. The Hall–Kier alpha value is -3.98. The first-order valence-corrected chi connectivity index (χ1v) is 11.2. The fraction of sp³-hybridized carbons (Fsp3) is 0.0800. The number of para-hydroxylation sites is 1. The maximum Gasteiger partial charge on any atom is 0.328 e. The zero-order valence-corrected chi connectivity index (χ0v) is 19.6. The summed E-state index contributed by atoms with van der Waals surface area (Å²) in [6.07, 6.45) is 0. The number of halogens is 2. The number of hydrogen-bond acceptors (Lipinski definition) is 3. The fourth-order valence-corrected chi connectivity index (χ4v) is 3.84. The molecule has 4 aromatic rings. The quantitative estimate of drug-likeness (QED) is 0.330. The van der Waals surface area contributed by atoms with Crippen molar-refractivity contribution in [3.63, 3.8) is 0 Å². The van der Waals surface area contributed by atoms with Crippen LogP contribution in [0.15, 0.2) is 83.3 Å². The second-order valence-electron chi connectivity index (χ2n) is 7.55. The highest BCUT2D eigenvalue weighted by Gasteiger charge is 2.22. The largest absolute Gasteiger partial charge is 0.341 e. The average Bonchev–Trinajstić information content (AvgIpc) is 3.18. The van der Waals surface area contributed by atoms with E-state index in [0.717, 1.165) is 10.0 Å². The van der Waals surface area contributed by atoms with Gasteiger partial charge in [-0.15, -0.1) is 0 Å². The lowest BCUT2D eigenvalue weighted by Gasteiger charge is -2.16. The van der Waals surface area contributed by atoms with Crippen molar-refractivity contribution >= 4 is 50.2 Å². The SMILES string of the molecule is C[C@H](NC(=O)C(=O)Nn1c(C(=O)Nc2ccccc2F)cc2cc(Br)ccc21)c1ccccc1. The van der Waals surface area contributed by atoms with E-state index >= 15 is 0 Å². The van der Waals surface area contributed by atoms with E-state index in [1.807, 2.05) is 30.3 Å². The van der Waals surface area contributed by atoms with Crippen LogP contribution >= 0.6 is 15.9 Å². The Balaban J connectivity index is 1.60. The summed E-state index contributed by atoms with van der Waals surface area (Å²) in [5.74, 6) is -3.07. The minimum Gasteiger partial charge on any atom is -0.341 e. The Morgan fingerprint density at radius 3 is 2.35 bits per heavy atom. The molecule has 0 fully saturated rings. The summed E-state index contributed by atoms with van der Waals surface area (Å²) in [5, 5.41) is 5.77. The molecule has 0 bridgehead atoms. The van der Waals surface area contributed by atoms with E-state index in [4.69, 9.17) is 0 Å². The highest BCUT2D eigenvalue weighted by atomic mass is 79.9. The standard InChI is InChI=1S/C25H20BrFN4O3/c1-15(16-7-3-2-4-8-16)28-24(33)25(34)30-31-21-12-11-18(26)13-17(21)14-22(31)23(32)29-20-10-6-5-9-19(20)27/h2-15H,1H3,(H,28,33)(H,29,32)(H,30,34)/t15-/m0/s1. The summed E-state index contributed by atoms with van der Waals surface area (Å²) in [6, 6.07) is 21.3. The molecule has 0 aliphatic heterocycles. The van der Waals surface area contributed by atoms with Gasteiger partial charge in [0, 0.05) is 9.86 Å². The molecular formula is C25H20BrFN4O3. The van der Waals surface area contributed by atoms with Gasteiger partial charge in [0.15, 0.2) is 0 Å². The number of hydrogen-bond donors (Lipinski definition) is 3. The molecule has 1 aromatic heterocycles. The van der Waals surface area contributed by atoms with Gasteiger partial charge >= 0.3 is 11.8 Å². The van der Waals surface area contributed by atoms with Gasteiger partial charge < -0.3 is 10.6 Å². The van der Waals surface area contributed by atoms with E-state index < -0.39 is 29.6 Å². The summed E-state index contributed by atoms with van der Waals surface area (Å²) >= 11 is 3.38. The van der Waals surface area contributed by atoms with Crippen molar-refractivity contribution in [1.29, 1.82) is 0 Å². The number of rotatable bonds is 5. The zero-order chi connectivity index (χ0) is 24.2. The van der Waals surface area contributed by atoms with Gasteiger partial charge in [-0.1, -0.05) is 58.4 Å². The molecule has 3 aromatic carbocycles. The fourth-order valence-electron chi connectivity index (χ4n) is 3.46. The summed E-state index contributed by atoms with van der Waals surface area (Å²) in [6.45, 7) is 1.76. The molecule has 34 heavy (non-hydrogen) atoms. The summed E-state index contributed by atoms with van der Waals surface area (Å²) < 4.78 is 16.0. The Labute approximate surface area is 203 Å². The second kappa shape index (κ2) is 9.88. The monoisotopic (exact) mass is 522 g/mol. The van der Waals surface area contributed by atoms with Crippen molar-refractivity contribution in [2.75, 3.05) is 10.7 Å². The molecule has 4 rings (SSSR count). The molecule has 0 spiro atoms. The van der Waals surface area contributed by atoms with E-state index in [1.54, 1.807) is 37.3 Å². The third-order valence-electron chi connectivity index (χ3n) is 5.19. The van der Waals surface area contributed by atoms with Crippen LogP contribution in [0.4, 0.5) is 10.1 Å². The Bertz CT molecular complexity index is 1390. The number of aromatic nitrogens is 1. The molecule has 3 amide bonds. The van der Waals surface area contributed by atoms with Gasteiger partial charge in [-0.05, 0) is 48.9 Å². The second-order valence-corrected chi connectivity index (χ2v) is 8.46. The van der Waals surface area contributed by atoms with E-state index in [9.17, 15) is 18.8 Å². The molecule has 1 atom stereocenters. The third-order valence-corrected chi connectivity index (χ3v) is 5.68. The summed E-state index contributed by atoms with van der Waals surface area (Å²) in [4.78, 5) is 38.3. The van der Waals surface area contributed by atoms with Gasteiger partial charge in [-0.2, -0.15) is 0 Å². The molecule has 0 saturated heterocycles. The molecular weight excluding hydrogens is 503 g/mol. The number of amides is 3. The topological polar surface area (TPSA) is 92.2 Å². The predicted octanol–water partition coefficient (Wildman–Crippen LogP) is 4.74. The summed E-state index contributed by atoms with van der Waals surface area (Å²) in [7, 11) is 0. The van der Waals surface area contributed by atoms with E-state index in [1.165, 1.54) is 22.9 Å². The van der Waals surface area contributed by atoms with Gasteiger partial charge in [0.2, 0.25) is 0 Å². The van der Waals surface area contributed by atoms with Crippen molar-refractivity contribution in [1.82, 2.24) is 9.99 Å². The van der Waals surface area contributed by atoms with Crippen molar-refractivity contribution in [3.05, 3.63) is 100 Å². The van der Waals surface area contributed by atoms with Crippen LogP contribution in [0.1, 0.15) is 29.0 Å². The molecule has 172 valence electrons. The number of nitrogens with zero attached hydrogens (tertiary/aromatic N) is 1. The number of fused-ring (bicyclic) bond motifs is 1. The highest BCUT2D eigenvalue weighted by Crippen LogP contribution is 2.24. The first-order valence-electron chi connectivity index (χ1n) is 10.4. The van der Waals surface area contributed by atoms with Crippen molar-refractivity contribution in [3.8, 4) is 0 Å². The van der Waals surface area contributed by atoms with Crippen LogP contribution in [0.3, 0.4) is 0 Å². The molecule has 0 saturated carbocycles. The third kappa shape index (κ3) is 4.99. The minimum atomic E-state index is -0.955. The summed E-state index contributed by atoms with van der Waals surface area (Å²) in [5.41, 5.74) is 3.82. The Kier molecular flexibility index (Phi) is 6.74. The molecule has 3 N–H and O–H groups in total. The number of nitrogens with one attached hydrogen (secondary N) is 3. The lowest BCUT2D eigenvalue weighted by molar-refractivity contribution is -0.137. The van der Waals surface area contributed by atoms with Gasteiger partial charge in [-0.3, -0.25) is 19.8 Å². The van der Waals surface area contributed by atoms with Crippen LogP contribution in [0.5, 0.6) is 0 Å². The van der Waals surface area contributed by atoms with Crippen molar-refractivity contribution in [2.45, 2.75) is 13.0 Å². The molecule has 0 aliphatic rings. The average molecular weight is 523 g/mol. The van der Waals surface area contributed by atoms with Gasteiger partial charge in [-0.25, -0.2) is 9.07 Å². The van der Waals surface area contributed by atoms with Crippen LogP contribution in [-0.2, 0) is 9.59 Å². The number of carbonyl (C=O) groups is 3. The smallest absolute Gasteiger partial charge is 0.328 e. The molecule has 7 nitrogen and oxygen atoms in total. The highest BCUT2D eigenvalue weighted by molar-refractivity contribution is 9.10. The van der Waals surface area contributed by atoms with E-state index in [0.29, 0.717) is 10.9 Å². The lowest BCUT2D eigenvalue weighted by Crippen LogP contribution is -2.40. The van der Waals surface area contributed by atoms with Crippen LogP contribution in [0.25, 0.3) is 10.9 Å². The Morgan fingerprint density at radius 1 is 0.912 bits per heavy atom. The van der Waals surface area contributed by atoms with E-state index in [2.05, 4.69) is 32.0 Å². The lowest BCUT2D eigenvalue weighted by atomic mass is 10.1. The maximum absolute atomic E-state index is 14.1. The maximum atomic E-state index is 14.1. The predicted molar refractivity (Wildman–Crippen MR) is 131 cm³/mol. The van der Waals surface area contributed by atoms with Gasteiger partial charge in [0.25, 0.3) is 5.91 Å². The van der Waals surface area contributed by atoms with Gasteiger partial charge in [0.1, 0.15) is 11.5 Å². The van der Waals surface area contributed by atoms with Crippen LogP contribution in [0.2, 0.25) is 0 Å². The minimum absolute atomic E-state index is 0.00811. The first kappa shape index (κ1) is 23.2. The Morgan fingerprint density at radius 2 is 1.62 bits per heavy atom. The molecule has 1 heterocycles. The molecule has 0 radical (unpaired) electrons. The zero-order valence-electron chi connectivity index (χ0n) is 18.0. The molecule has 0 unspecified atom stereocenters.